The van der Waals surface area contributed by atoms with Crippen LogP contribution < -0.4 is 0 Å². The van der Waals surface area contributed by atoms with Crippen molar-refractivity contribution in [2.24, 2.45) is 0 Å². The van der Waals surface area contributed by atoms with Gasteiger partial charge >= 0.3 is 6.09 Å². The molecule has 1 N–H and O–H groups in total. The van der Waals surface area contributed by atoms with Gasteiger partial charge in [0.1, 0.15) is 12.4 Å². The first-order valence-electron chi connectivity index (χ1n) is 5.33. The van der Waals surface area contributed by atoms with Crippen molar-refractivity contribution in [3.05, 3.63) is 58.4 Å². The maximum absolute atomic E-state index is 11.5. The molecule has 0 fully saturated rings. The second kappa shape index (κ2) is 5.21. The number of ether oxygens (including phenoxy) is 1. The smallest absolute Gasteiger partial charge is 0.418 e. The largest absolute Gasteiger partial charge is 0.506 e. The molecule has 0 amide bonds. The van der Waals surface area contributed by atoms with Crippen molar-refractivity contribution >= 4 is 11.8 Å². The molecule has 0 aliphatic carbocycles. The van der Waals surface area contributed by atoms with E-state index in [2.05, 4.69) is 0 Å². The first kappa shape index (κ1) is 12.6. The van der Waals surface area contributed by atoms with E-state index in [9.17, 15) is 14.9 Å². The molecule has 0 spiro atoms. The number of carbonyl (C=O) groups is 1. The number of rotatable bonds is 3. The second-order valence-electron chi connectivity index (χ2n) is 3.76. The zero-order valence-corrected chi connectivity index (χ0v) is 9.72. The predicted octanol–water partition coefficient (Wildman–Crippen LogP) is 2.29. The molecule has 0 aliphatic heterocycles. The number of nitro benzene ring substituents is 1. The molecule has 19 heavy (non-hydrogen) atoms. The van der Waals surface area contributed by atoms with Crippen LogP contribution in [0.25, 0.3) is 0 Å². The van der Waals surface area contributed by atoms with Crippen molar-refractivity contribution in [1.29, 1.82) is 0 Å². The van der Waals surface area contributed by atoms with Crippen LogP contribution in [0.1, 0.15) is 5.56 Å². The van der Waals surface area contributed by atoms with E-state index in [1.165, 1.54) is 42.7 Å². The van der Waals surface area contributed by atoms with Gasteiger partial charge in [-0.05, 0) is 23.8 Å². The van der Waals surface area contributed by atoms with Gasteiger partial charge in [-0.3, -0.25) is 14.7 Å². The van der Waals surface area contributed by atoms with E-state index in [1.807, 2.05) is 0 Å². The molecule has 1 aromatic heterocycles. The summed E-state index contributed by atoms with van der Waals surface area (Å²) >= 11 is 0. The number of benzene rings is 1. The molecule has 0 radical (unpaired) electrons. The lowest BCUT2D eigenvalue weighted by Gasteiger charge is -2.04. The monoisotopic (exact) mass is 262 g/mol. The minimum Gasteiger partial charge on any atom is -0.506 e. The van der Waals surface area contributed by atoms with Crippen LogP contribution in [-0.2, 0) is 11.3 Å². The molecule has 0 saturated heterocycles. The summed E-state index contributed by atoms with van der Waals surface area (Å²) in [6, 6.07) is 7.06. The molecule has 7 heteroatoms. The van der Waals surface area contributed by atoms with Crippen LogP contribution in [0.15, 0.2) is 42.7 Å². The van der Waals surface area contributed by atoms with E-state index in [0.717, 1.165) is 4.57 Å². The van der Waals surface area contributed by atoms with Crippen LogP contribution >= 0.6 is 0 Å². The highest BCUT2D eigenvalue weighted by Crippen LogP contribution is 2.13. The molecule has 2 rings (SSSR count). The van der Waals surface area contributed by atoms with E-state index in [-0.39, 0.29) is 18.0 Å². The molecule has 2 aromatic rings. The molecule has 0 atom stereocenters. The van der Waals surface area contributed by atoms with Crippen LogP contribution in [-0.4, -0.2) is 20.7 Å². The Bertz CT molecular complexity index is 603. The topological polar surface area (TPSA) is 94.6 Å². The molecule has 0 bridgehead atoms. The average Bonchev–Trinajstić information content (AvgIpc) is 2.83. The summed E-state index contributed by atoms with van der Waals surface area (Å²) in [6.07, 6.45) is 1.95. The van der Waals surface area contributed by atoms with Crippen molar-refractivity contribution < 1.29 is 19.6 Å². The molecule has 1 aromatic carbocycles. The third-order valence-corrected chi connectivity index (χ3v) is 2.40. The summed E-state index contributed by atoms with van der Waals surface area (Å²) < 4.78 is 6.07. The van der Waals surface area contributed by atoms with Crippen molar-refractivity contribution in [1.82, 2.24) is 4.57 Å². The van der Waals surface area contributed by atoms with Crippen molar-refractivity contribution in [2.45, 2.75) is 6.61 Å². The molecular formula is C12H10N2O5. The lowest BCUT2D eigenvalue weighted by molar-refractivity contribution is -0.384. The number of hydrogen-bond acceptors (Lipinski definition) is 5. The van der Waals surface area contributed by atoms with Crippen LogP contribution in [0.5, 0.6) is 5.75 Å². The van der Waals surface area contributed by atoms with Crippen molar-refractivity contribution in [3.8, 4) is 5.75 Å². The number of aromatic hydroxyl groups is 1. The molecular weight excluding hydrogens is 252 g/mol. The fourth-order valence-electron chi connectivity index (χ4n) is 1.43. The predicted molar refractivity (Wildman–Crippen MR) is 64.8 cm³/mol. The Hall–Kier alpha value is -2.83. The number of nitrogens with zero attached hydrogens (tertiary/aromatic N) is 2. The minimum atomic E-state index is -0.640. The van der Waals surface area contributed by atoms with Gasteiger partial charge in [0.25, 0.3) is 5.69 Å². The zero-order chi connectivity index (χ0) is 13.8. The maximum atomic E-state index is 11.5. The van der Waals surface area contributed by atoms with Gasteiger partial charge in [-0.1, -0.05) is 0 Å². The van der Waals surface area contributed by atoms with Crippen LogP contribution in [0.2, 0.25) is 0 Å². The van der Waals surface area contributed by atoms with E-state index in [1.54, 1.807) is 0 Å². The Morgan fingerprint density at radius 2 is 2.00 bits per heavy atom. The Kier molecular flexibility index (Phi) is 3.46. The number of hydrogen-bond donors (Lipinski definition) is 1. The fraction of sp³-hybridized carbons (Fsp3) is 0.0833. The van der Waals surface area contributed by atoms with Crippen molar-refractivity contribution in [2.75, 3.05) is 0 Å². The molecule has 0 saturated carbocycles. The van der Waals surface area contributed by atoms with Gasteiger partial charge in [0.05, 0.1) is 11.1 Å². The summed E-state index contributed by atoms with van der Waals surface area (Å²) in [5.41, 5.74) is 0.612. The molecule has 98 valence electrons. The first-order chi connectivity index (χ1) is 9.06. The number of non-ortho nitro benzene ring substituents is 1. The van der Waals surface area contributed by atoms with Gasteiger partial charge in [0.2, 0.25) is 0 Å². The van der Waals surface area contributed by atoms with Gasteiger partial charge in [-0.15, -0.1) is 0 Å². The molecule has 0 aliphatic rings. The van der Waals surface area contributed by atoms with E-state index >= 15 is 0 Å². The highest BCUT2D eigenvalue weighted by atomic mass is 16.6. The van der Waals surface area contributed by atoms with Crippen LogP contribution in [0, 0.1) is 10.1 Å². The van der Waals surface area contributed by atoms with E-state index < -0.39 is 11.0 Å². The highest BCUT2D eigenvalue weighted by Gasteiger charge is 2.08. The first-order valence-corrected chi connectivity index (χ1v) is 5.33. The lowest BCUT2D eigenvalue weighted by Crippen LogP contribution is -2.11. The molecule has 7 nitrogen and oxygen atoms in total. The highest BCUT2D eigenvalue weighted by molar-refractivity contribution is 5.71. The summed E-state index contributed by atoms with van der Waals surface area (Å²) in [4.78, 5) is 21.5. The standard InChI is InChI=1S/C12H10N2O5/c15-11-5-6-13(7-11)12(16)19-8-9-1-3-10(4-2-9)14(17)18/h1-7,15H,8H2. The third-order valence-electron chi connectivity index (χ3n) is 2.40. The second-order valence-corrected chi connectivity index (χ2v) is 3.76. The van der Waals surface area contributed by atoms with Gasteiger partial charge in [0.15, 0.2) is 0 Å². The van der Waals surface area contributed by atoms with E-state index in [4.69, 9.17) is 9.84 Å². The number of carbonyl (C=O) groups excluding carboxylic acids is 1. The zero-order valence-electron chi connectivity index (χ0n) is 9.72. The summed E-state index contributed by atoms with van der Waals surface area (Å²) in [7, 11) is 0. The summed E-state index contributed by atoms with van der Waals surface area (Å²) in [5.74, 6) is -0.0349. The van der Waals surface area contributed by atoms with Crippen molar-refractivity contribution in [3.63, 3.8) is 0 Å². The van der Waals surface area contributed by atoms with Gasteiger partial charge in [0, 0.05) is 18.3 Å². The van der Waals surface area contributed by atoms with Crippen LogP contribution in [0.4, 0.5) is 10.5 Å². The van der Waals surface area contributed by atoms with Gasteiger partial charge in [-0.2, -0.15) is 0 Å². The quantitative estimate of drug-likeness (QED) is 0.676. The maximum Gasteiger partial charge on any atom is 0.418 e. The minimum absolute atomic E-state index is 0.00420. The Morgan fingerprint density at radius 1 is 1.32 bits per heavy atom. The Morgan fingerprint density at radius 3 is 2.53 bits per heavy atom. The Balaban J connectivity index is 1.95. The fourth-order valence-corrected chi connectivity index (χ4v) is 1.43. The third kappa shape index (κ3) is 3.09. The Labute approximate surface area is 107 Å². The van der Waals surface area contributed by atoms with Crippen LogP contribution in [0.3, 0.4) is 0 Å². The average molecular weight is 262 g/mol. The van der Waals surface area contributed by atoms with Gasteiger partial charge < -0.3 is 9.84 Å². The molecule has 0 unspecified atom stereocenters. The summed E-state index contributed by atoms with van der Waals surface area (Å²) in [5, 5.41) is 19.5. The van der Waals surface area contributed by atoms with E-state index in [0.29, 0.717) is 5.56 Å². The number of aromatic nitrogens is 1. The normalized spacial score (nSPS) is 10.1. The van der Waals surface area contributed by atoms with Gasteiger partial charge in [-0.25, -0.2) is 4.79 Å². The number of nitro groups is 1. The SMILES string of the molecule is O=C(OCc1ccc([N+](=O)[O-])cc1)n1ccc(O)c1. The summed E-state index contributed by atoms with van der Waals surface area (Å²) in [6.45, 7) is -0.00420. The molecule has 1 heterocycles. The lowest BCUT2D eigenvalue weighted by atomic mass is 10.2.